The van der Waals surface area contributed by atoms with Crippen molar-refractivity contribution in [2.75, 3.05) is 5.32 Å². The first kappa shape index (κ1) is 16.8. The van der Waals surface area contributed by atoms with Gasteiger partial charge in [-0.2, -0.15) is 5.10 Å². The van der Waals surface area contributed by atoms with Crippen LogP contribution >= 0.6 is 15.9 Å². The molecule has 2 aromatic carbocycles. The molecule has 0 fully saturated rings. The number of hydrogen-bond acceptors (Lipinski definition) is 5. The Hall–Kier alpha value is -2.54. The van der Waals surface area contributed by atoms with E-state index in [1.54, 1.807) is 6.92 Å². The molecule has 0 unspecified atom stereocenters. The number of phenols is 2. The maximum atomic E-state index is 11.9. The molecule has 0 radical (unpaired) electrons. The molecule has 0 aliphatic rings. The van der Waals surface area contributed by atoms with Gasteiger partial charge in [0.1, 0.15) is 17.5 Å². The van der Waals surface area contributed by atoms with Gasteiger partial charge in [-0.05, 0) is 43.3 Å². The van der Waals surface area contributed by atoms with Crippen LogP contribution in [-0.4, -0.2) is 28.4 Å². The molecule has 1 amide bonds. The molecule has 0 heterocycles. The first-order valence-electron chi connectivity index (χ1n) is 6.82. The second kappa shape index (κ2) is 7.64. The van der Waals surface area contributed by atoms with Crippen LogP contribution in [0.15, 0.2) is 52.0 Å². The molecule has 2 rings (SSSR count). The molecule has 7 heteroatoms. The molecule has 0 bridgehead atoms. The molecule has 1 atom stereocenters. The van der Waals surface area contributed by atoms with Gasteiger partial charge in [-0.3, -0.25) is 4.79 Å². The van der Waals surface area contributed by atoms with Crippen molar-refractivity contribution in [3.63, 3.8) is 0 Å². The summed E-state index contributed by atoms with van der Waals surface area (Å²) >= 11 is 3.34. The van der Waals surface area contributed by atoms with Gasteiger partial charge >= 0.3 is 0 Å². The summed E-state index contributed by atoms with van der Waals surface area (Å²) < 4.78 is 0.957. The highest BCUT2D eigenvalue weighted by Gasteiger charge is 2.11. The Kier molecular flexibility index (Phi) is 5.59. The number of nitrogens with zero attached hydrogens (tertiary/aromatic N) is 1. The number of hydrogen-bond donors (Lipinski definition) is 4. The number of nitrogens with one attached hydrogen (secondary N) is 2. The van der Waals surface area contributed by atoms with E-state index in [4.69, 9.17) is 0 Å². The lowest BCUT2D eigenvalue weighted by Crippen LogP contribution is -2.34. The molecule has 120 valence electrons. The maximum Gasteiger partial charge on any atom is 0.262 e. The zero-order valence-corrected chi connectivity index (χ0v) is 13.9. The number of phenolic OH excluding ortho intramolecular Hbond substituents is 2. The topological polar surface area (TPSA) is 94.0 Å². The Morgan fingerprint density at radius 2 is 1.91 bits per heavy atom. The van der Waals surface area contributed by atoms with Gasteiger partial charge in [-0.25, -0.2) is 5.43 Å². The van der Waals surface area contributed by atoms with Crippen molar-refractivity contribution in [2.24, 2.45) is 5.10 Å². The minimum atomic E-state index is -0.484. The minimum absolute atomic E-state index is 0.0454. The minimum Gasteiger partial charge on any atom is -0.508 e. The van der Waals surface area contributed by atoms with E-state index in [1.807, 2.05) is 24.3 Å². The average Bonchev–Trinajstić information content (AvgIpc) is 2.51. The lowest BCUT2D eigenvalue weighted by Gasteiger charge is -2.13. The molecule has 0 aliphatic heterocycles. The normalized spacial score (nSPS) is 12.1. The number of rotatable bonds is 5. The van der Waals surface area contributed by atoms with Crippen molar-refractivity contribution in [1.29, 1.82) is 0 Å². The van der Waals surface area contributed by atoms with E-state index in [9.17, 15) is 15.0 Å². The van der Waals surface area contributed by atoms with Crippen molar-refractivity contribution in [2.45, 2.75) is 13.0 Å². The van der Waals surface area contributed by atoms with Crippen LogP contribution < -0.4 is 10.7 Å². The Balaban J connectivity index is 1.90. The third-order valence-corrected chi connectivity index (χ3v) is 3.54. The maximum absolute atomic E-state index is 11.9. The van der Waals surface area contributed by atoms with Crippen LogP contribution in [0, 0.1) is 0 Å². The summed E-state index contributed by atoms with van der Waals surface area (Å²) in [5, 5.41) is 25.6. The van der Waals surface area contributed by atoms with E-state index in [1.165, 1.54) is 24.4 Å². The van der Waals surface area contributed by atoms with Gasteiger partial charge in [0, 0.05) is 21.8 Å². The number of aromatic hydroxyl groups is 2. The lowest BCUT2D eigenvalue weighted by molar-refractivity contribution is -0.121. The Morgan fingerprint density at radius 3 is 2.57 bits per heavy atom. The fourth-order valence-electron chi connectivity index (χ4n) is 1.77. The van der Waals surface area contributed by atoms with E-state index < -0.39 is 6.04 Å². The van der Waals surface area contributed by atoms with E-state index in [-0.39, 0.29) is 17.4 Å². The molecule has 2 aromatic rings. The van der Waals surface area contributed by atoms with Crippen molar-refractivity contribution >= 4 is 33.7 Å². The first-order valence-corrected chi connectivity index (χ1v) is 7.62. The fourth-order valence-corrected chi connectivity index (χ4v) is 2.03. The molecular weight excluding hydrogens is 362 g/mol. The molecule has 0 saturated heterocycles. The van der Waals surface area contributed by atoms with Crippen LogP contribution in [0.3, 0.4) is 0 Å². The van der Waals surface area contributed by atoms with E-state index >= 15 is 0 Å². The van der Waals surface area contributed by atoms with Crippen molar-refractivity contribution < 1.29 is 15.0 Å². The Labute approximate surface area is 142 Å². The second-order valence-corrected chi connectivity index (χ2v) is 5.77. The van der Waals surface area contributed by atoms with Crippen molar-refractivity contribution in [3.8, 4) is 11.5 Å². The molecule has 0 aromatic heterocycles. The summed E-state index contributed by atoms with van der Waals surface area (Å²) in [6, 6.07) is 11.1. The monoisotopic (exact) mass is 377 g/mol. The Morgan fingerprint density at radius 1 is 1.22 bits per heavy atom. The van der Waals surface area contributed by atoms with Gasteiger partial charge in [-0.1, -0.05) is 15.9 Å². The van der Waals surface area contributed by atoms with Gasteiger partial charge in [-0.15, -0.1) is 0 Å². The Bertz CT molecular complexity index is 717. The number of carbonyl (C=O) groups excluding carboxylic acids is 1. The highest BCUT2D eigenvalue weighted by atomic mass is 79.9. The highest BCUT2D eigenvalue weighted by molar-refractivity contribution is 9.10. The second-order valence-electron chi connectivity index (χ2n) is 4.85. The quantitative estimate of drug-likeness (QED) is 0.476. The number of anilines is 1. The number of benzene rings is 2. The molecular formula is C16H16BrN3O3. The molecule has 0 spiro atoms. The van der Waals surface area contributed by atoms with Gasteiger partial charge in [0.2, 0.25) is 0 Å². The SMILES string of the molecule is C[C@@H](Nc1ccc(Br)cc1)C(=O)N/N=C/c1ccc(O)cc1O. The molecule has 0 saturated carbocycles. The van der Waals surface area contributed by atoms with Crippen LogP contribution in [0.25, 0.3) is 0 Å². The third kappa shape index (κ3) is 5.00. The predicted octanol–water partition coefficient (Wildman–Crippen LogP) is 2.81. The fraction of sp³-hybridized carbons (Fsp3) is 0.125. The van der Waals surface area contributed by atoms with E-state index in [0.29, 0.717) is 5.56 Å². The van der Waals surface area contributed by atoms with Gasteiger partial charge in [0.25, 0.3) is 5.91 Å². The van der Waals surface area contributed by atoms with Gasteiger partial charge < -0.3 is 15.5 Å². The summed E-state index contributed by atoms with van der Waals surface area (Å²) in [5.41, 5.74) is 3.59. The van der Waals surface area contributed by atoms with Gasteiger partial charge in [0.05, 0.1) is 6.21 Å². The zero-order valence-electron chi connectivity index (χ0n) is 12.3. The highest BCUT2D eigenvalue weighted by Crippen LogP contribution is 2.20. The number of hydrazone groups is 1. The van der Waals surface area contributed by atoms with E-state index in [0.717, 1.165) is 10.2 Å². The first-order chi connectivity index (χ1) is 11.0. The van der Waals surface area contributed by atoms with Crippen LogP contribution in [0.1, 0.15) is 12.5 Å². The molecule has 0 aliphatic carbocycles. The smallest absolute Gasteiger partial charge is 0.262 e. The van der Waals surface area contributed by atoms with Crippen LogP contribution in [0.5, 0.6) is 11.5 Å². The summed E-state index contributed by atoms with van der Waals surface area (Å²) in [6.45, 7) is 1.71. The lowest BCUT2D eigenvalue weighted by atomic mass is 10.2. The van der Waals surface area contributed by atoms with Gasteiger partial charge in [0.15, 0.2) is 0 Å². The van der Waals surface area contributed by atoms with Crippen LogP contribution in [-0.2, 0) is 4.79 Å². The molecule has 23 heavy (non-hydrogen) atoms. The van der Waals surface area contributed by atoms with Crippen molar-refractivity contribution in [3.05, 3.63) is 52.5 Å². The molecule has 4 N–H and O–H groups in total. The van der Waals surface area contributed by atoms with Crippen LogP contribution in [0.2, 0.25) is 0 Å². The summed E-state index contributed by atoms with van der Waals surface area (Å²) in [5.74, 6) is -0.484. The third-order valence-electron chi connectivity index (χ3n) is 3.01. The summed E-state index contributed by atoms with van der Waals surface area (Å²) in [7, 11) is 0. The van der Waals surface area contributed by atoms with Crippen LogP contribution in [0.4, 0.5) is 5.69 Å². The largest absolute Gasteiger partial charge is 0.508 e. The average molecular weight is 378 g/mol. The number of amides is 1. The number of carbonyl (C=O) groups is 1. The molecule has 6 nitrogen and oxygen atoms in total. The van der Waals surface area contributed by atoms with E-state index in [2.05, 4.69) is 31.8 Å². The van der Waals surface area contributed by atoms with Crippen molar-refractivity contribution in [1.82, 2.24) is 5.43 Å². The number of halogens is 1. The zero-order chi connectivity index (χ0) is 16.8. The predicted molar refractivity (Wildman–Crippen MR) is 92.7 cm³/mol. The standard InChI is InChI=1S/C16H16BrN3O3/c1-10(19-13-5-3-12(17)4-6-13)16(23)20-18-9-11-2-7-14(21)8-15(11)22/h2-10,19,21-22H,1H3,(H,20,23)/b18-9+/t10-/m1/s1. The summed E-state index contributed by atoms with van der Waals surface area (Å²) in [4.78, 5) is 11.9. The summed E-state index contributed by atoms with van der Waals surface area (Å²) in [6.07, 6.45) is 1.30.